The standard InChI is InChI=1S/C15H19BrO5/c1-19-10-8-9(16)11(13(21-3)12(10)20-2)15(14(17)18)6-4-5-7-15/h8H,4-7H2,1-3H3,(H,17,18). The fraction of sp³-hybridized carbons (Fsp3) is 0.533. The Bertz CT molecular complexity index is 549. The molecule has 1 aromatic carbocycles. The number of ether oxygens (including phenoxy) is 3. The Labute approximate surface area is 132 Å². The van der Waals surface area contributed by atoms with Gasteiger partial charge in [-0.25, -0.2) is 0 Å². The quantitative estimate of drug-likeness (QED) is 0.873. The molecule has 0 aromatic heterocycles. The molecule has 1 N–H and O–H groups in total. The van der Waals surface area contributed by atoms with Crippen LogP contribution in [0.3, 0.4) is 0 Å². The van der Waals surface area contributed by atoms with Gasteiger partial charge in [-0.3, -0.25) is 4.79 Å². The first-order valence-corrected chi connectivity index (χ1v) is 7.53. The number of halogens is 1. The molecule has 1 fully saturated rings. The third kappa shape index (κ3) is 2.46. The van der Waals surface area contributed by atoms with E-state index in [1.165, 1.54) is 21.3 Å². The van der Waals surface area contributed by atoms with Crippen LogP contribution in [-0.2, 0) is 10.2 Å². The molecule has 1 aliphatic rings. The molecule has 5 nitrogen and oxygen atoms in total. The number of benzene rings is 1. The van der Waals surface area contributed by atoms with Crippen LogP contribution in [0.5, 0.6) is 17.2 Å². The number of methoxy groups -OCH3 is 3. The van der Waals surface area contributed by atoms with E-state index in [9.17, 15) is 9.90 Å². The predicted octanol–water partition coefficient (Wildman–Crippen LogP) is 3.37. The second kappa shape index (κ2) is 6.13. The van der Waals surface area contributed by atoms with Crippen molar-refractivity contribution in [3.8, 4) is 17.2 Å². The van der Waals surface area contributed by atoms with Crippen LogP contribution in [0.2, 0.25) is 0 Å². The van der Waals surface area contributed by atoms with Gasteiger partial charge in [-0.2, -0.15) is 0 Å². The first-order valence-electron chi connectivity index (χ1n) is 6.74. The number of carboxylic acids is 1. The molecule has 0 aliphatic heterocycles. The van der Waals surface area contributed by atoms with Crippen LogP contribution >= 0.6 is 15.9 Å². The summed E-state index contributed by atoms with van der Waals surface area (Å²) in [6, 6.07) is 1.74. The monoisotopic (exact) mass is 358 g/mol. The van der Waals surface area contributed by atoms with Crippen LogP contribution in [0, 0.1) is 0 Å². The molecule has 1 aliphatic carbocycles. The first-order chi connectivity index (χ1) is 10.0. The zero-order chi connectivity index (χ0) is 15.6. The molecule has 0 atom stereocenters. The van der Waals surface area contributed by atoms with Crippen molar-refractivity contribution in [3.63, 3.8) is 0 Å². The molecule has 6 heteroatoms. The molecule has 21 heavy (non-hydrogen) atoms. The minimum absolute atomic E-state index is 0.422. The summed E-state index contributed by atoms with van der Waals surface area (Å²) in [4.78, 5) is 12.0. The van der Waals surface area contributed by atoms with Crippen molar-refractivity contribution in [2.45, 2.75) is 31.1 Å². The van der Waals surface area contributed by atoms with Gasteiger partial charge < -0.3 is 19.3 Å². The summed E-state index contributed by atoms with van der Waals surface area (Å²) in [6.45, 7) is 0. The lowest BCUT2D eigenvalue weighted by atomic mass is 9.78. The van der Waals surface area contributed by atoms with E-state index in [-0.39, 0.29) is 0 Å². The largest absolute Gasteiger partial charge is 0.493 e. The summed E-state index contributed by atoms with van der Waals surface area (Å²) in [5.41, 5.74) is -0.309. The van der Waals surface area contributed by atoms with Crippen LogP contribution in [-0.4, -0.2) is 32.4 Å². The van der Waals surface area contributed by atoms with Gasteiger partial charge in [0.05, 0.1) is 26.7 Å². The molecule has 0 bridgehead atoms. The van der Waals surface area contributed by atoms with Crippen molar-refractivity contribution in [3.05, 3.63) is 16.1 Å². The molecule has 1 saturated carbocycles. The molecule has 1 aromatic rings. The second-order valence-electron chi connectivity index (χ2n) is 5.10. The van der Waals surface area contributed by atoms with E-state index in [1.807, 2.05) is 0 Å². The van der Waals surface area contributed by atoms with Crippen LogP contribution in [0.4, 0.5) is 0 Å². The summed E-state index contributed by atoms with van der Waals surface area (Å²) >= 11 is 3.48. The van der Waals surface area contributed by atoms with Gasteiger partial charge in [0.2, 0.25) is 5.75 Å². The second-order valence-corrected chi connectivity index (χ2v) is 5.95. The van der Waals surface area contributed by atoms with E-state index in [1.54, 1.807) is 6.07 Å². The molecule has 0 radical (unpaired) electrons. The lowest BCUT2D eigenvalue weighted by Crippen LogP contribution is -2.33. The zero-order valence-electron chi connectivity index (χ0n) is 12.4. The Hall–Kier alpha value is -1.43. The van der Waals surface area contributed by atoms with Crippen molar-refractivity contribution in [2.75, 3.05) is 21.3 Å². The predicted molar refractivity (Wildman–Crippen MR) is 81.6 cm³/mol. The maximum Gasteiger partial charge on any atom is 0.314 e. The van der Waals surface area contributed by atoms with Crippen molar-refractivity contribution in [1.29, 1.82) is 0 Å². The van der Waals surface area contributed by atoms with E-state index < -0.39 is 11.4 Å². The molecule has 0 saturated heterocycles. The Morgan fingerprint density at radius 2 is 1.71 bits per heavy atom. The van der Waals surface area contributed by atoms with Crippen molar-refractivity contribution in [1.82, 2.24) is 0 Å². The van der Waals surface area contributed by atoms with Gasteiger partial charge in [-0.15, -0.1) is 0 Å². The zero-order valence-corrected chi connectivity index (χ0v) is 13.9. The van der Waals surface area contributed by atoms with E-state index in [2.05, 4.69) is 15.9 Å². The molecule has 0 amide bonds. The fourth-order valence-electron chi connectivity index (χ4n) is 3.12. The maximum atomic E-state index is 12.0. The van der Waals surface area contributed by atoms with Crippen LogP contribution in [0.15, 0.2) is 10.5 Å². The highest BCUT2D eigenvalue weighted by atomic mass is 79.9. The fourth-order valence-corrected chi connectivity index (χ4v) is 3.89. The Kier molecular flexibility index (Phi) is 4.66. The highest BCUT2D eigenvalue weighted by Crippen LogP contribution is 2.53. The van der Waals surface area contributed by atoms with Gasteiger partial charge in [-0.05, 0) is 18.9 Å². The van der Waals surface area contributed by atoms with Crippen molar-refractivity contribution in [2.24, 2.45) is 0 Å². The van der Waals surface area contributed by atoms with Crippen LogP contribution in [0.25, 0.3) is 0 Å². The van der Waals surface area contributed by atoms with Crippen LogP contribution < -0.4 is 14.2 Å². The van der Waals surface area contributed by atoms with E-state index in [4.69, 9.17) is 14.2 Å². The van der Waals surface area contributed by atoms with Crippen molar-refractivity contribution < 1.29 is 24.1 Å². The SMILES string of the molecule is COc1cc(Br)c(C2(C(=O)O)CCCC2)c(OC)c1OC. The van der Waals surface area contributed by atoms with Crippen molar-refractivity contribution >= 4 is 21.9 Å². The maximum absolute atomic E-state index is 12.0. The molecule has 2 rings (SSSR count). The first kappa shape index (κ1) is 15.9. The lowest BCUT2D eigenvalue weighted by molar-refractivity contribution is -0.143. The average Bonchev–Trinajstić information content (AvgIpc) is 2.96. The third-order valence-electron chi connectivity index (χ3n) is 4.13. The summed E-state index contributed by atoms with van der Waals surface area (Å²) in [5, 5.41) is 9.80. The highest BCUT2D eigenvalue weighted by molar-refractivity contribution is 9.10. The van der Waals surface area contributed by atoms with Gasteiger partial charge in [0, 0.05) is 10.0 Å². The summed E-state index contributed by atoms with van der Waals surface area (Å²) < 4.78 is 16.8. The third-order valence-corrected chi connectivity index (χ3v) is 4.75. The smallest absolute Gasteiger partial charge is 0.314 e. The Morgan fingerprint density at radius 1 is 1.14 bits per heavy atom. The molecular weight excluding hydrogens is 340 g/mol. The summed E-state index contributed by atoms with van der Waals surface area (Å²) in [6.07, 6.45) is 2.95. The lowest BCUT2D eigenvalue weighted by Gasteiger charge is -2.29. The van der Waals surface area contributed by atoms with Gasteiger partial charge in [0.25, 0.3) is 0 Å². The topological polar surface area (TPSA) is 65.0 Å². The van der Waals surface area contributed by atoms with E-state index in [0.717, 1.165) is 12.8 Å². The van der Waals surface area contributed by atoms with Gasteiger partial charge >= 0.3 is 5.97 Å². The van der Waals surface area contributed by atoms with E-state index in [0.29, 0.717) is 40.1 Å². The Morgan fingerprint density at radius 3 is 2.14 bits per heavy atom. The van der Waals surface area contributed by atoms with E-state index >= 15 is 0 Å². The molecule has 0 spiro atoms. The number of carbonyl (C=O) groups is 1. The minimum Gasteiger partial charge on any atom is -0.493 e. The van der Waals surface area contributed by atoms with Gasteiger partial charge in [0.1, 0.15) is 0 Å². The Balaban J connectivity index is 2.76. The number of rotatable bonds is 5. The van der Waals surface area contributed by atoms with Crippen LogP contribution in [0.1, 0.15) is 31.2 Å². The molecule has 116 valence electrons. The number of carboxylic acid groups (broad SMARTS) is 1. The summed E-state index contributed by atoms with van der Waals surface area (Å²) in [7, 11) is 4.56. The summed E-state index contributed by atoms with van der Waals surface area (Å²) in [5.74, 6) is 0.522. The number of aliphatic carboxylic acids is 1. The number of hydrogen-bond acceptors (Lipinski definition) is 4. The van der Waals surface area contributed by atoms with Gasteiger partial charge in [0.15, 0.2) is 11.5 Å². The molecule has 0 heterocycles. The number of hydrogen-bond donors (Lipinski definition) is 1. The average molecular weight is 359 g/mol. The molecule has 0 unspecified atom stereocenters. The molecular formula is C15H19BrO5. The minimum atomic E-state index is -0.941. The normalized spacial score (nSPS) is 16.6. The highest BCUT2D eigenvalue weighted by Gasteiger charge is 2.47. The van der Waals surface area contributed by atoms with Gasteiger partial charge in [-0.1, -0.05) is 28.8 Å².